The van der Waals surface area contributed by atoms with Crippen molar-refractivity contribution in [2.24, 2.45) is 5.92 Å². The molecule has 0 radical (unpaired) electrons. The first-order valence-corrected chi connectivity index (χ1v) is 10.4. The first-order valence-electron chi connectivity index (χ1n) is 10.0. The molecular formula is C23H27ClN2O3. The van der Waals surface area contributed by atoms with Gasteiger partial charge in [0.25, 0.3) is 0 Å². The number of nitrogens with zero attached hydrogens (tertiary/aromatic N) is 1. The molecule has 1 aliphatic heterocycles. The van der Waals surface area contributed by atoms with Gasteiger partial charge in [0.2, 0.25) is 5.91 Å². The predicted molar refractivity (Wildman–Crippen MR) is 115 cm³/mol. The second-order valence-corrected chi connectivity index (χ2v) is 7.76. The van der Waals surface area contributed by atoms with Gasteiger partial charge in [0.05, 0.1) is 18.1 Å². The lowest BCUT2D eigenvalue weighted by Gasteiger charge is -2.32. The molecule has 0 aliphatic carbocycles. The van der Waals surface area contributed by atoms with Crippen LogP contribution in [0.4, 0.5) is 5.69 Å². The van der Waals surface area contributed by atoms with Crippen LogP contribution in [0.5, 0.6) is 0 Å². The predicted octanol–water partition coefficient (Wildman–Crippen LogP) is 4.68. The highest BCUT2D eigenvalue weighted by molar-refractivity contribution is 6.31. The molecule has 1 fully saturated rings. The Hall–Kier alpha value is -2.37. The Kier molecular flexibility index (Phi) is 7.29. The van der Waals surface area contributed by atoms with Gasteiger partial charge in [-0.1, -0.05) is 35.9 Å². The van der Waals surface area contributed by atoms with E-state index in [4.69, 9.17) is 16.3 Å². The lowest BCUT2D eigenvalue weighted by Crippen LogP contribution is -2.40. The molecule has 6 heteroatoms. The van der Waals surface area contributed by atoms with Crippen LogP contribution in [0.3, 0.4) is 0 Å². The van der Waals surface area contributed by atoms with Gasteiger partial charge in [-0.25, -0.2) is 4.79 Å². The summed E-state index contributed by atoms with van der Waals surface area (Å²) in [5, 5.41) is 3.77. The molecule has 1 heterocycles. The lowest BCUT2D eigenvalue weighted by molar-refractivity contribution is -0.121. The van der Waals surface area contributed by atoms with Crippen molar-refractivity contribution in [2.75, 3.05) is 25.0 Å². The summed E-state index contributed by atoms with van der Waals surface area (Å²) in [5.74, 6) is -0.487. The molecule has 1 amide bonds. The number of hydrogen-bond acceptors (Lipinski definition) is 4. The van der Waals surface area contributed by atoms with E-state index in [2.05, 4.69) is 10.2 Å². The minimum Gasteiger partial charge on any atom is -0.462 e. The van der Waals surface area contributed by atoms with E-state index in [0.29, 0.717) is 24.4 Å². The number of ether oxygens (including phenoxy) is 1. The molecule has 0 bridgehead atoms. The van der Waals surface area contributed by atoms with Crippen LogP contribution in [0.1, 0.15) is 41.3 Å². The molecule has 0 unspecified atom stereocenters. The minimum absolute atomic E-state index is 0.0158. The topological polar surface area (TPSA) is 58.6 Å². The molecular weight excluding hydrogens is 388 g/mol. The fourth-order valence-corrected chi connectivity index (χ4v) is 3.91. The van der Waals surface area contributed by atoms with Gasteiger partial charge in [0, 0.05) is 23.8 Å². The normalized spacial score (nSPS) is 17.0. The van der Waals surface area contributed by atoms with Crippen LogP contribution in [-0.2, 0) is 16.1 Å². The van der Waals surface area contributed by atoms with E-state index in [-0.39, 0.29) is 17.8 Å². The fraction of sp³-hybridized carbons (Fsp3) is 0.391. The smallest absolute Gasteiger partial charge is 0.338 e. The van der Waals surface area contributed by atoms with E-state index in [1.807, 2.05) is 37.3 Å². The molecule has 2 aromatic rings. The van der Waals surface area contributed by atoms with Crippen molar-refractivity contribution in [2.45, 2.75) is 33.2 Å². The molecule has 1 atom stereocenters. The SMILES string of the molecule is CCOC(=O)c1cccc(NC(=O)[C@@H]2CCCN(Cc3ccccc3Cl)C2)c1C. The van der Waals surface area contributed by atoms with Crippen molar-refractivity contribution in [1.29, 1.82) is 0 Å². The molecule has 3 rings (SSSR count). The van der Waals surface area contributed by atoms with Crippen LogP contribution in [0.15, 0.2) is 42.5 Å². The van der Waals surface area contributed by atoms with Crippen molar-refractivity contribution in [3.63, 3.8) is 0 Å². The molecule has 1 N–H and O–H groups in total. The van der Waals surface area contributed by atoms with Gasteiger partial charge in [-0.2, -0.15) is 0 Å². The molecule has 2 aromatic carbocycles. The van der Waals surface area contributed by atoms with Crippen molar-refractivity contribution in [3.05, 3.63) is 64.2 Å². The second kappa shape index (κ2) is 9.90. The summed E-state index contributed by atoms with van der Waals surface area (Å²) in [6, 6.07) is 13.1. The van der Waals surface area contributed by atoms with Gasteiger partial charge in [-0.3, -0.25) is 9.69 Å². The van der Waals surface area contributed by atoms with E-state index in [1.54, 1.807) is 19.1 Å². The van der Waals surface area contributed by atoms with Gasteiger partial charge in [0.1, 0.15) is 0 Å². The second-order valence-electron chi connectivity index (χ2n) is 7.35. The zero-order valence-corrected chi connectivity index (χ0v) is 17.7. The van der Waals surface area contributed by atoms with Crippen molar-refractivity contribution < 1.29 is 14.3 Å². The van der Waals surface area contributed by atoms with E-state index in [0.717, 1.165) is 42.1 Å². The molecule has 5 nitrogen and oxygen atoms in total. The summed E-state index contributed by atoms with van der Waals surface area (Å²) in [7, 11) is 0. The first kappa shape index (κ1) is 21.3. The maximum atomic E-state index is 12.9. The molecule has 0 aromatic heterocycles. The maximum Gasteiger partial charge on any atom is 0.338 e. The number of esters is 1. The van der Waals surface area contributed by atoms with Gasteiger partial charge in [-0.05, 0) is 62.6 Å². The number of piperidine rings is 1. The van der Waals surface area contributed by atoms with E-state index >= 15 is 0 Å². The standard InChI is InChI=1S/C23H27ClN2O3/c1-3-29-23(28)19-10-6-12-21(16(19)2)25-22(27)18-9-7-13-26(15-18)14-17-8-4-5-11-20(17)24/h4-6,8,10-12,18H,3,7,9,13-15H2,1-2H3,(H,25,27)/t18-/m1/s1. The highest BCUT2D eigenvalue weighted by atomic mass is 35.5. The number of carbonyl (C=O) groups excluding carboxylic acids is 2. The third kappa shape index (κ3) is 5.37. The number of rotatable bonds is 6. The number of benzene rings is 2. The van der Waals surface area contributed by atoms with Gasteiger partial charge in [-0.15, -0.1) is 0 Å². The van der Waals surface area contributed by atoms with Crippen LogP contribution < -0.4 is 5.32 Å². The Morgan fingerprint density at radius 3 is 2.76 bits per heavy atom. The molecule has 1 aliphatic rings. The van der Waals surface area contributed by atoms with E-state index in [9.17, 15) is 9.59 Å². The quantitative estimate of drug-likeness (QED) is 0.697. The molecule has 154 valence electrons. The van der Waals surface area contributed by atoms with Gasteiger partial charge < -0.3 is 10.1 Å². The number of likely N-dealkylation sites (tertiary alicyclic amines) is 1. The Balaban J connectivity index is 1.65. The average molecular weight is 415 g/mol. The third-order valence-corrected chi connectivity index (χ3v) is 5.68. The van der Waals surface area contributed by atoms with Crippen LogP contribution in [0, 0.1) is 12.8 Å². The Bertz CT molecular complexity index is 884. The molecule has 29 heavy (non-hydrogen) atoms. The molecule has 0 saturated carbocycles. The zero-order valence-electron chi connectivity index (χ0n) is 16.9. The highest BCUT2D eigenvalue weighted by Crippen LogP contribution is 2.25. The van der Waals surface area contributed by atoms with Crippen LogP contribution >= 0.6 is 11.6 Å². The number of hydrogen-bond donors (Lipinski definition) is 1. The van der Waals surface area contributed by atoms with Crippen LogP contribution in [-0.4, -0.2) is 36.5 Å². The van der Waals surface area contributed by atoms with Crippen LogP contribution in [0.2, 0.25) is 5.02 Å². The average Bonchev–Trinajstić information content (AvgIpc) is 2.71. The van der Waals surface area contributed by atoms with Crippen molar-refractivity contribution in [1.82, 2.24) is 4.90 Å². The highest BCUT2D eigenvalue weighted by Gasteiger charge is 2.27. The van der Waals surface area contributed by atoms with Crippen molar-refractivity contribution in [3.8, 4) is 0 Å². The van der Waals surface area contributed by atoms with Gasteiger partial charge >= 0.3 is 5.97 Å². The fourth-order valence-electron chi connectivity index (χ4n) is 3.72. The number of halogens is 1. The number of carbonyl (C=O) groups is 2. The van der Waals surface area contributed by atoms with E-state index in [1.165, 1.54) is 0 Å². The Morgan fingerprint density at radius 1 is 1.21 bits per heavy atom. The summed E-state index contributed by atoms with van der Waals surface area (Å²) in [6.07, 6.45) is 1.81. The molecule has 1 saturated heterocycles. The first-order chi connectivity index (χ1) is 14.0. The van der Waals surface area contributed by atoms with Gasteiger partial charge in [0.15, 0.2) is 0 Å². The largest absolute Gasteiger partial charge is 0.462 e. The van der Waals surface area contributed by atoms with Crippen molar-refractivity contribution >= 4 is 29.2 Å². The Labute approximate surface area is 177 Å². The Morgan fingerprint density at radius 2 is 2.00 bits per heavy atom. The summed E-state index contributed by atoms with van der Waals surface area (Å²) < 4.78 is 5.10. The summed E-state index contributed by atoms with van der Waals surface area (Å²) >= 11 is 6.29. The summed E-state index contributed by atoms with van der Waals surface area (Å²) in [6.45, 7) is 6.29. The van der Waals surface area contributed by atoms with E-state index < -0.39 is 0 Å². The van der Waals surface area contributed by atoms with Crippen LogP contribution in [0.25, 0.3) is 0 Å². The monoisotopic (exact) mass is 414 g/mol. The lowest BCUT2D eigenvalue weighted by atomic mass is 9.96. The maximum absolute atomic E-state index is 12.9. The summed E-state index contributed by atoms with van der Waals surface area (Å²) in [4.78, 5) is 27.3. The number of nitrogens with one attached hydrogen (secondary N) is 1. The third-order valence-electron chi connectivity index (χ3n) is 5.32. The minimum atomic E-state index is -0.371. The number of amides is 1. The number of anilines is 1. The zero-order chi connectivity index (χ0) is 20.8. The summed E-state index contributed by atoms with van der Waals surface area (Å²) in [5.41, 5.74) is 2.94. The molecule has 0 spiro atoms.